The number of rotatable bonds is 12. The molecule has 8 heteroatoms. The average Bonchev–Trinajstić information content (AvgIpc) is 3.59. The third-order valence-corrected chi connectivity index (χ3v) is 6.31. The van der Waals surface area contributed by atoms with Crippen molar-refractivity contribution in [2.24, 2.45) is 23.0 Å². The molecular formula is C27H36N6O2. The lowest BCUT2D eigenvalue weighted by Gasteiger charge is -2.30. The van der Waals surface area contributed by atoms with Crippen LogP contribution in [0.1, 0.15) is 31.7 Å². The molecule has 1 N–H and O–H groups in total. The van der Waals surface area contributed by atoms with Crippen LogP contribution in [0.25, 0.3) is 0 Å². The Morgan fingerprint density at radius 1 is 1.29 bits per heavy atom. The monoisotopic (exact) mass is 476 g/mol. The van der Waals surface area contributed by atoms with Crippen molar-refractivity contribution in [2.75, 3.05) is 38.8 Å². The van der Waals surface area contributed by atoms with Gasteiger partial charge in [0.05, 0.1) is 25.0 Å². The summed E-state index contributed by atoms with van der Waals surface area (Å²) in [4.78, 5) is 11.7. The molecule has 1 aromatic carbocycles. The van der Waals surface area contributed by atoms with Crippen molar-refractivity contribution >= 4 is 18.1 Å². The molecule has 1 fully saturated rings. The van der Waals surface area contributed by atoms with Crippen molar-refractivity contribution < 1.29 is 9.47 Å². The number of aryl methyl sites for hydroxylation is 1. The Labute approximate surface area is 208 Å². The second-order valence-corrected chi connectivity index (χ2v) is 9.10. The minimum atomic E-state index is -0.0705. The minimum absolute atomic E-state index is 0.0705. The van der Waals surface area contributed by atoms with Crippen molar-refractivity contribution in [3.8, 4) is 11.5 Å². The van der Waals surface area contributed by atoms with Gasteiger partial charge < -0.3 is 19.7 Å². The number of hydrogen-bond acceptors (Lipinski definition) is 7. The van der Waals surface area contributed by atoms with Crippen molar-refractivity contribution in [3.63, 3.8) is 0 Å². The number of hydrogen-bond donors (Lipinski definition) is 1. The predicted molar refractivity (Wildman–Crippen MR) is 142 cm³/mol. The van der Waals surface area contributed by atoms with Crippen molar-refractivity contribution in [2.45, 2.75) is 32.2 Å². The number of nitrogens with one attached hydrogen (secondary N) is 1. The van der Waals surface area contributed by atoms with Crippen LogP contribution in [0.3, 0.4) is 0 Å². The summed E-state index contributed by atoms with van der Waals surface area (Å²) in [6, 6.07) is 6.03. The lowest BCUT2D eigenvalue weighted by molar-refractivity contribution is 0.315. The highest BCUT2D eigenvalue weighted by Crippen LogP contribution is 2.38. The third-order valence-electron chi connectivity index (χ3n) is 6.31. The molecule has 4 rings (SSSR count). The fourth-order valence-electron chi connectivity index (χ4n) is 4.09. The van der Waals surface area contributed by atoms with E-state index in [4.69, 9.17) is 14.5 Å². The quantitative estimate of drug-likeness (QED) is 0.370. The van der Waals surface area contributed by atoms with Gasteiger partial charge in [-0.2, -0.15) is 5.10 Å². The maximum atomic E-state index is 5.99. The molecule has 0 spiro atoms. The third kappa shape index (κ3) is 6.39. The number of aliphatic imine (C=N–C) groups is 2. The molecular weight excluding hydrogens is 440 g/mol. The van der Waals surface area contributed by atoms with Gasteiger partial charge in [0.2, 0.25) is 0 Å². The van der Waals surface area contributed by atoms with Crippen LogP contribution in [0.15, 0.2) is 64.1 Å². The van der Waals surface area contributed by atoms with Crippen LogP contribution in [0.4, 0.5) is 5.69 Å². The molecule has 2 aliphatic rings. The molecule has 0 radical (unpaired) electrons. The molecule has 1 heterocycles. The number of methoxy groups -OCH3 is 1. The number of ether oxygens (including phenoxy) is 2. The summed E-state index contributed by atoms with van der Waals surface area (Å²) in [7, 11) is 5.52. The number of aromatic nitrogens is 2. The van der Waals surface area contributed by atoms with Gasteiger partial charge in [-0.05, 0) is 51.9 Å². The smallest absolute Gasteiger partial charge is 0.125 e. The Morgan fingerprint density at radius 2 is 2.09 bits per heavy atom. The van der Waals surface area contributed by atoms with E-state index in [-0.39, 0.29) is 6.04 Å². The Balaban J connectivity index is 1.67. The van der Waals surface area contributed by atoms with Gasteiger partial charge >= 0.3 is 0 Å². The van der Waals surface area contributed by atoms with Crippen LogP contribution in [0.2, 0.25) is 0 Å². The molecule has 186 valence electrons. The molecule has 0 bridgehead atoms. The van der Waals surface area contributed by atoms with E-state index < -0.39 is 0 Å². The van der Waals surface area contributed by atoms with E-state index in [1.54, 1.807) is 11.8 Å². The summed E-state index contributed by atoms with van der Waals surface area (Å²) in [5.41, 5.74) is 4.99. The minimum Gasteiger partial charge on any atom is -0.497 e. The van der Waals surface area contributed by atoms with E-state index in [1.165, 1.54) is 12.8 Å². The summed E-state index contributed by atoms with van der Waals surface area (Å²) in [5.74, 6) is 2.26. The normalized spacial score (nSPS) is 18.1. The fraction of sp³-hybridized carbons (Fsp3) is 0.444. The first-order valence-electron chi connectivity index (χ1n) is 12.2. The number of allylic oxidation sites excluding steroid dienone is 1. The lowest BCUT2D eigenvalue weighted by Crippen LogP contribution is -2.27. The van der Waals surface area contributed by atoms with Crippen LogP contribution in [-0.2, 0) is 7.05 Å². The van der Waals surface area contributed by atoms with Gasteiger partial charge in [-0.25, -0.2) is 0 Å². The Kier molecular flexibility index (Phi) is 8.02. The highest BCUT2D eigenvalue weighted by atomic mass is 16.5. The first-order chi connectivity index (χ1) is 17.0. The van der Waals surface area contributed by atoms with Gasteiger partial charge in [-0.3, -0.25) is 14.7 Å². The standard InChI is InChI=1S/C27H36N6O2/c1-19(21-16-30-32(4)18-21)31-27-14-22(8-9-26(27)29-3)33(17-20-6-7-20)23-12-24(34-5)15-25(13-23)35-11-10-28-2/h8,12-16,18,20,26,28H,3,6-7,9-11,17H2,1-2,4-5H3. The highest BCUT2D eigenvalue weighted by Gasteiger charge is 2.28. The number of anilines is 1. The van der Waals surface area contributed by atoms with Gasteiger partial charge in [0, 0.05) is 67.2 Å². The molecule has 0 saturated heterocycles. The summed E-state index contributed by atoms with van der Waals surface area (Å²) >= 11 is 0. The summed E-state index contributed by atoms with van der Waals surface area (Å²) < 4.78 is 13.4. The van der Waals surface area contributed by atoms with Gasteiger partial charge in [0.15, 0.2) is 0 Å². The molecule has 0 amide bonds. The van der Waals surface area contributed by atoms with E-state index in [1.807, 2.05) is 39.5 Å². The zero-order valence-electron chi connectivity index (χ0n) is 21.2. The maximum absolute atomic E-state index is 5.99. The summed E-state index contributed by atoms with van der Waals surface area (Å²) in [6.45, 7) is 8.14. The molecule has 0 aliphatic heterocycles. The van der Waals surface area contributed by atoms with Gasteiger partial charge in [-0.15, -0.1) is 0 Å². The fourth-order valence-corrected chi connectivity index (χ4v) is 4.09. The summed E-state index contributed by atoms with van der Waals surface area (Å²) in [6.07, 6.45) is 11.5. The number of benzene rings is 1. The summed E-state index contributed by atoms with van der Waals surface area (Å²) in [5, 5.41) is 7.39. The molecule has 1 atom stereocenters. The maximum Gasteiger partial charge on any atom is 0.125 e. The van der Waals surface area contributed by atoms with Crippen LogP contribution in [0.5, 0.6) is 11.5 Å². The topological polar surface area (TPSA) is 76.3 Å². The molecule has 8 nitrogen and oxygen atoms in total. The zero-order valence-corrected chi connectivity index (χ0v) is 21.2. The van der Waals surface area contributed by atoms with Crippen molar-refractivity contribution in [1.29, 1.82) is 0 Å². The van der Waals surface area contributed by atoms with Crippen molar-refractivity contribution in [1.82, 2.24) is 15.1 Å². The number of likely N-dealkylation sites (N-methyl/N-ethyl adjacent to an activating group) is 1. The molecule has 2 aromatic rings. The average molecular weight is 477 g/mol. The van der Waals surface area contributed by atoms with Crippen LogP contribution < -0.4 is 19.7 Å². The van der Waals surface area contributed by atoms with Crippen LogP contribution in [-0.4, -0.2) is 62.1 Å². The second kappa shape index (κ2) is 11.4. The molecule has 1 aromatic heterocycles. The lowest BCUT2D eigenvalue weighted by atomic mass is 10.0. The second-order valence-electron chi connectivity index (χ2n) is 9.10. The van der Waals surface area contributed by atoms with Crippen LogP contribution in [0, 0.1) is 5.92 Å². The van der Waals surface area contributed by atoms with Crippen LogP contribution >= 0.6 is 0 Å². The van der Waals surface area contributed by atoms with E-state index in [0.717, 1.165) is 59.4 Å². The largest absolute Gasteiger partial charge is 0.497 e. The van der Waals surface area contributed by atoms with Gasteiger partial charge in [0.25, 0.3) is 0 Å². The zero-order chi connectivity index (χ0) is 24.8. The Morgan fingerprint density at radius 3 is 2.74 bits per heavy atom. The Bertz CT molecular complexity index is 1130. The number of nitrogens with zero attached hydrogens (tertiary/aromatic N) is 5. The van der Waals surface area contributed by atoms with E-state index in [9.17, 15) is 0 Å². The molecule has 1 unspecified atom stereocenters. The molecule has 35 heavy (non-hydrogen) atoms. The van der Waals surface area contributed by atoms with E-state index in [2.05, 4.69) is 51.3 Å². The van der Waals surface area contributed by atoms with E-state index >= 15 is 0 Å². The van der Waals surface area contributed by atoms with Crippen molar-refractivity contribution in [3.05, 3.63) is 59.7 Å². The predicted octanol–water partition coefficient (Wildman–Crippen LogP) is 3.99. The first kappa shape index (κ1) is 24.7. The molecule has 2 aliphatic carbocycles. The van der Waals surface area contributed by atoms with E-state index in [0.29, 0.717) is 12.5 Å². The first-order valence-corrected chi connectivity index (χ1v) is 12.2. The van der Waals surface area contributed by atoms with Gasteiger partial charge in [0.1, 0.15) is 18.1 Å². The van der Waals surface area contributed by atoms with Gasteiger partial charge in [-0.1, -0.05) is 6.08 Å². The SMILES string of the molecule is C=NC1CC=C(N(CC2CC2)c2cc(OC)cc(OCCNC)c2)C=C1N=C(C)c1cnn(C)c1. The highest BCUT2D eigenvalue weighted by molar-refractivity contribution is 5.99. The Hall–Kier alpha value is -3.39. The molecule has 1 saturated carbocycles.